The van der Waals surface area contributed by atoms with Gasteiger partial charge in [-0.05, 0) is 19.3 Å². The molecule has 0 bridgehead atoms. The molecule has 0 heterocycles. The van der Waals surface area contributed by atoms with Gasteiger partial charge in [-0.3, -0.25) is 4.79 Å². The smallest absolute Gasteiger partial charge is 0.235 e. The maximum absolute atomic E-state index is 11.1. The summed E-state index contributed by atoms with van der Waals surface area (Å²) >= 11 is 0. The predicted octanol–water partition coefficient (Wildman–Crippen LogP) is 0.398. The van der Waals surface area contributed by atoms with Crippen molar-refractivity contribution < 1.29 is 13.2 Å². The first-order chi connectivity index (χ1) is 7.45. The van der Waals surface area contributed by atoms with Crippen LogP contribution in [-0.2, 0) is 14.8 Å². The van der Waals surface area contributed by atoms with Crippen LogP contribution in [0, 0.1) is 0 Å². The summed E-state index contributed by atoms with van der Waals surface area (Å²) in [4.78, 5) is 11.1. The zero-order valence-electron chi connectivity index (χ0n) is 9.66. The van der Waals surface area contributed by atoms with Gasteiger partial charge in [0.2, 0.25) is 15.9 Å². The molecule has 0 aromatic carbocycles. The van der Waals surface area contributed by atoms with E-state index in [-0.39, 0.29) is 12.5 Å². The lowest BCUT2D eigenvalue weighted by Crippen LogP contribution is -2.36. The van der Waals surface area contributed by atoms with E-state index in [2.05, 4.69) is 16.6 Å². The van der Waals surface area contributed by atoms with E-state index < -0.39 is 10.0 Å². The first kappa shape index (κ1) is 15.1. The molecule has 2 N–H and O–H groups in total. The monoisotopic (exact) mass is 248 g/mol. The summed E-state index contributed by atoms with van der Waals surface area (Å²) in [6, 6.07) is 0. The molecule has 0 saturated heterocycles. The number of sulfonamides is 1. The zero-order valence-corrected chi connectivity index (χ0v) is 10.5. The first-order valence-electron chi connectivity index (χ1n) is 5.28. The minimum Gasteiger partial charge on any atom is -0.355 e. The number of carbonyl (C=O) groups is 1. The van der Waals surface area contributed by atoms with Gasteiger partial charge in [0.25, 0.3) is 0 Å². The van der Waals surface area contributed by atoms with Crippen molar-refractivity contribution >= 4 is 15.9 Å². The fourth-order valence-corrected chi connectivity index (χ4v) is 1.47. The van der Waals surface area contributed by atoms with Crippen molar-refractivity contribution in [2.75, 3.05) is 19.3 Å². The van der Waals surface area contributed by atoms with Gasteiger partial charge in [0.15, 0.2) is 0 Å². The summed E-state index contributed by atoms with van der Waals surface area (Å²) in [5.74, 6) is -0.297. The number of unbranched alkanes of at least 4 members (excludes halogenated alkanes) is 3. The minimum atomic E-state index is -3.28. The molecule has 0 aliphatic rings. The molecule has 0 saturated carbocycles. The summed E-state index contributed by atoms with van der Waals surface area (Å²) in [6.07, 6.45) is 6.89. The number of rotatable bonds is 9. The Hall–Kier alpha value is -0.880. The molecule has 0 aliphatic carbocycles. The third-order valence-corrected chi connectivity index (χ3v) is 2.57. The van der Waals surface area contributed by atoms with Gasteiger partial charge in [0, 0.05) is 6.54 Å². The molecule has 16 heavy (non-hydrogen) atoms. The van der Waals surface area contributed by atoms with Crippen LogP contribution in [0.25, 0.3) is 0 Å². The summed E-state index contributed by atoms with van der Waals surface area (Å²) in [6.45, 7) is 4.01. The lowest BCUT2D eigenvalue weighted by Gasteiger charge is -2.05. The second-order valence-corrected chi connectivity index (χ2v) is 5.41. The van der Waals surface area contributed by atoms with E-state index in [1.54, 1.807) is 0 Å². The van der Waals surface area contributed by atoms with Crippen LogP contribution in [0.3, 0.4) is 0 Å². The molecular formula is C10H20N2O3S. The lowest BCUT2D eigenvalue weighted by molar-refractivity contribution is -0.119. The Morgan fingerprint density at radius 1 is 1.31 bits per heavy atom. The SMILES string of the molecule is C=CCCCCCNC(=O)CNS(C)(=O)=O. The van der Waals surface area contributed by atoms with Crippen LogP contribution in [0.15, 0.2) is 12.7 Å². The number of hydrogen-bond acceptors (Lipinski definition) is 3. The Balaban J connectivity index is 3.41. The highest BCUT2D eigenvalue weighted by atomic mass is 32.2. The standard InChI is InChI=1S/C10H20N2O3S/c1-3-4-5-6-7-8-11-10(13)9-12-16(2,14)15/h3,12H,1,4-9H2,2H3,(H,11,13). The third-order valence-electron chi connectivity index (χ3n) is 1.90. The van der Waals surface area contributed by atoms with Crippen LogP contribution in [-0.4, -0.2) is 33.7 Å². The molecule has 0 aliphatic heterocycles. The van der Waals surface area contributed by atoms with Crippen LogP contribution in [0.5, 0.6) is 0 Å². The largest absolute Gasteiger partial charge is 0.355 e. The number of carbonyl (C=O) groups excluding carboxylic acids is 1. The van der Waals surface area contributed by atoms with E-state index in [1.807, 2.05) is 6.08 Å². The second-order valence-electron chi connectivity index (χ2n) is 3.58. The number of nitrogens with one attached hydrogen (secondary N) is 2. The van der Waals surface area contributed by atoms with E-state index >= 15 is 0 Å². The highest BCUT2D eigenvalue weighted by Crippen LogP contribution is 1.98. The fraction of sp³-hybridized carbons (Fsp3) is 0.700. The van der Waals surface area contributed by atoms with Crippen molar-refractivity contribution in [2.45, 2.75) is 25.7 Å². The van der Waals surface area contributed by atoms with Gasteiger partial charge in [-0.2, -0.15) is 0 Å². The van der Waals surface area contributed by atoms with Gasteiger partial charge in [-0.1, -0.05) is 12.5 Å². The average Bonchev–Trinajstić information content (AvgIpc) is 2.19. The molecule has 0 aromatic rings. The Bertz CT molecular complexity index is 312. The van der Waals surface area contributed by atoms with Crippen LogP contribution < -0.4 is 10.0 Å². The number of hydrogen-bond donors (Lipinski definition) is 2. The van der Waals surface area contributed by atoms with Crippen molar-refractivity contribution in [2.24, 2.45) is 0 Å². The second kappa shape index (κ2) is 8.29. The molecule has 0 spiro atoms. The molecule has 0 rings (SSSR count). The predicted molar refractivity (Wildman–Crippen MR) is 64.5 cm³/mol. The normalized spacial score (nSPS) is 11.1. The van der Waals surface area contributed by atoms with Crippen molar-refractivity contribution in [1.29, 1.82) is 0 Å². The van der Waals surface area contributed by atoms with Crippen molar-refractivity contribution in [3.63, 3.8) is 0 Å². The molecule has 0 fully saturated rings. The number of allylic oxidation sites excluding steroid dienone is 1. The van der Waals surface area contributed by atoms with E-state index in [1.165, 1.54) is 0 Å². The van der Waals surface area contributed by atoms with E-state index in [0.717, 1.165) is 31.9 Å². The Labute approximate surface area is 97.4 Å². The van der Waals surface area contributed by atoms with E-state index in [0.29, 0.717) is 6.54 Å². The van der Waals surface area contributed by atoms with Crippen LogP contribution >= 0.6 is 0 Å². The van der Waals surface area contributed by atoms with Gasteiger partial charge in [-0.15, -0.1) is 6.58 Å². The molecule has 0 radical (unpaired) electrons. The summed E-state index contributed by atoms with van der Waals surface area (Å²) < 4.78 is 23.5. The molecule has 0 atom stereocenters. The molecule has 6 heteroatoms. The molecule has 0 unspecified atom stereocenters. The molecular weight excluding hydrogens is 228 g/mol. The highest BCUT2D eigenvalue weighted by molar-refractivity contribution is 7.88. The highest BCUT2D eigenvalue weighted by Gasteiger charge is 2.04. The van der Waals surface area contributed by atoms with Crippen LogP contribution in [0.2, 0.25) is 0 Å². The average molecular weight is 248 g/mol. The molecule has 1 amide bonds. The Kier molecular flexibility index (Phi) is 7.84. The lowest BCUT2D eigenvalue weighted by atomic mass is 10.2. The maximum atomic E-state index is 11.1. The molecule has 0 aromatic heterocycles. The summed E-state index contributed by atoms with van der Waals surface area (Å²) in [5.41, 5.74) is 0. The van der Waals surface area contributed by atoms with E-state index in [9.17, 15) is 13.2 Å². The van der Waals surface area contributed by atoms with Crippen molar-refractivity contribution in [3.8, 4) is 0 Å². The Morgan fingerprint density at radius 3 is 2.56 bits per heavy atom. The zero-order chi connectivity index (χ0) is 12.4. The minimum absolute atomic E-state index is 0.189. The van der Waals surface area contributed by atoms with Crippen LogP contribution in [0.4, 0.5) is 0 Å². The van der Waals surface area contributed by atoms with Gasteiger partial charge in [0.05, 0.1) is 12.8 Å². The van der Waals surface area contributed by atoms with Gasteiger partial charge >= 0.3 is 0 Å². The molecule has 94 valence electrons. The third kappa shape index (κ3) is 11.2. The van der Waals surface area contributed by atoms with Crippen LogP contribution in [0.1, 0.15) is 25.7 Å². The summed E-state index contributed by atoms with van der Waals surface area (Å²) in [7, 11) is -3.28. The van der Waals surface area contributed by atoms with E-state index in [4.69, 9.17) is 0 Å². The fourth-order valence-electron chi connectivity index (χ4n) is 1.08. The van der Waals surface area contributed by atoms with Gasteiger partial charge in [-0.25, -0.2) is 13.1 Å². The van der Waals surface area contributed by atoms with Gasteiger partial charge in [0.1, 0.15) is 0 Å². The maximum Gasteiger partial charge on any atom is 0.235 e. The van der Waals surface area contributed by atoms with Gasteiger partial charge < -0.3 is 5.32 Å². The van der Waals surface area contributed by atoms with Crippen molar-refractivity contribution in [1.82, 2.24) is 10.0 Å². The number of amides is 1. The van der Waals surface area contributed by atoms with Crippen molar-refractivity contribution in [3.05, 3.63) is 12.7 Å². The quantitative estimate of drug-likeness (QED) is 0.458. The summed E-state index contributed by atoms with van der Waals surface area (Å²) in [5, 5.41) is 2.64. The molecule has 5 nitrogen and oxygen atoms in total. The first-order valence-corrected chi connectivity index (χ1v) is 7.17. The topological polar surface area (TPSA) is 75.3 Å². The Morgan fingerprint density at radius 2 is 2.00 bits per heavy atom.